The van der Waals surface area contributed by atoms with Gasteiger partial charge < -0.3 is 9.84 Å². The molecule has 0 fully saturated rings. The SMILES string of the molecule is COc1ccc([N+](=O)[O-])cc1S(=O)(=O)N(C)CCC(=O)O. The molecule has 1 N–H and O–H groups in total. The number of nitro benzene ring substituents is 1. The second kappa shape index (κ2) is 6.50. The van der Waals surface area contributed by atoms with Crippen LogP contribution in [0.5, 0.6) is 5.75 Å². The molecule has 0 spiro atoms. The Balaban J connectivity index is 3.25. The number of benzene rings is 1. The maximum Gasteiger partial charge on any atom is 0.304 e. The van der Waals surface area contributed by atoms with E-state index in [-0.39, 0.29) is 23.6 Å². The number of rotatable bonds is 7. The minimum atomic E-state index is -4.09. The summed E-state index contributed by atoms with van der Waals surface area (Å²) in [5.74, 6) is -1.20. The van der Waals surface area contributed by atoms with E-state index in [1.807, 2.05) is 0 Å². The zero-order chi connectivity index (χ0) is 16.2. The number of methoxy groups -OCH3 is 1. The first-order valence-corrected chi connectivity index (χ1v) is 7.14. The van der Waals surface area contributed by atoms with Crippen molar-refractivity contribution in [2.45, 2.75) is 11.3 Å². The summed E-state index contributed by atoms with van der Waals surface area (Å²) in [7, 11) is -1.67. The van der Waals surface area contributed by atoms with Gasteiger partial charge in [0.2, 0.25) is 10.0 Å². The number of nitrogens with zero attached hydrogens (tertiary/aromatic N) is 2. The first-order chi connectivity index (χ1) is 9.70. The number of sulfonamides is 1. The Labute approximate surface area is 120 Å². The van der Waals surface area contributed by atoms with Crippen molar-refractivity contribution in [1.82, 2.24) is 4.31 Å². The second-order valence-electron chi connectivity index (χ2n) is 4.06. The molecule has 1 rings (SSSR count). The number of carboxylic acids is 1. The molecule has 0 unspecified atom stereocenters. The lowest BCUT2D eigenvalue weighted by Crippen LogP contribution is -2.29. The van der Waals surface area contributed by atoms with Gasteiger partial charge in [0.1, 0.15) is 10.6 Å². The van der Waals surface area contributed by atoms with Crippen molar-refractivity contribution < 1.29 is 28.0 Å². The van der Waals surface area contributed by atoms with E-state index >= 15 is 0 Å². The zero-order valence-corrected chi connectivity index (χ0v) is 12.2. The molecule has 0 aromatic heterocycles. The first kappa shape index (κ1) is 16.9. The van der Waals surface area contributed by atoms with Crippen LogP contribution in [-0.4, -0.2) is 49.4 Å². The summed E-state index contributed by atoms with van der Waals surface area (Å²) in [6.45, 7) is -0.260. The summed E-state index contributed by atoms with van der Waals surface area (Å²) in [5, 5.41) is 19.3. The maximum atomic E-state index is 12.3. The number of ether oxygens (including phenoxy) is 1. The van der Waals surface area contributed by atoms with Gasteiger partial charge >= 0.3 is 5.97 Å². The Hall–Kier alpha value is -2.20. The van der Waals surface area contributed by atoms with Crippen LogP contribution >= 0.6 is 0 Å². The molecule has 0 aliphatic carbocycles. The Morgan fingerprint density at radius 2 is 2.10 bits per heavy atom. The predicted octanol–water partition coefficient (Wildman–Crippen LogP) is 0.699. The zero-order valence-electron chi connectivity index (χ0n) is 11.3. The van der Waals surface area contributed by atoms with Crippen molar-refractivity contribution >= 4 is 21.7 Å². The van der Waals surface area contributed by atoms with Gasteiger partial charge in [0.05, 0.1) is 18.5 Å². The van der Waals surface area contributed by atoms with Crippen LogP contribution < -0.4 is 4.74 Å². The van der Waals surface area contributed by atoms with Gasteiger partial charge in [-0.25, -0.2) is 12.7 Å². The van der Waals surface area contributed by atoms with Gasteiger partial charge in [0.25, 0.3) is 5.69 Å². The highest BCUT2D eigenvalue weighted by Gasteiger charge is 2.27. The molecule has 0 radical (unpaired) electrons. The molecule has 0 bridgehead atoms. The normalized spacial score (nSPS) is 11.4. The molecule has 0 aliphatic heterocycles. The average molecular weight is 318 g/mol. The van der Waals surface area contributed by atoms with Crippen LogP contribution in [0.25, 0.3) is 0 Å². The fourth-order valence-electron chi connectivity index (χ4n) is 1.52. The molecule has 1 aromatic rings. The number of aliphatic carboxylic acids is 1. The van der Waals surface area contributed by atoms with E-state index in [4.69, 9.17) is 9.84 Å². The van der Waals surface area contributed by atoms with Gasteiger partial charge in [-0.2, -0.15) is 0 Å². The molecular weight excluding hydrogens is 304 g/mol. The molecule has 10 heteroatoms. The molecular formula is C11H14N2O7S. The van der Waals surface area contributed by atoms with Crippen molar-refractivity contribution in [2.24, 2.45) is 0 Å². The quantitative estimate of drug-likeness (QED) is 0.579. The first-order valence-electron chi connectivity index (χ1n) is 5.70. The van der Waals surface area contributed by atoms with Crippen LogP contribution in [0.15, 0.2) is 23.1 Å². The largest absolute Gasteiger partial charge is 0.495 e. The average Bonchev–Trinajstić information content (AvgIpc) is 2.43. The molecule has 0 atom stereocenters. The Morgan fingerprint density at radius 1 is 1.48 bits per heavy atom. The fraction of sp³-hybridized carbons (Fsp3) is 0.364. The summed E-state index contributed by atoms with van der Waals surface area (Å²) in [5.41, 5.74) is -0.402. The topological polar surface area (TPSA) is 127 Å². The lowest BCUT2D eigenvalue weighted by atomic mass is 10.3. The van der Waals surface area contributed by atoms with Crippen molar-refractivity contribution in [1.29, 1.82) is 0 Å². The molecule has 0 saturated heterocycles. The van der Waals surface area contributed by atoms with Crippen molar-refractivity contribution in [3.05, 3.63) is 28.3 Å². The van der Waals surface area contributed by atoms with Crippen LogP contribution in [0.2, 0.25) is 0 Å². The highest BCUT2D eigenvalue weighted by atomic mass is 32.2. The summed E-state index contributed by atoms with van der Waals surface area (Å²) in [6.07, 6.45) is -0.382. The highest BCUT2D eigenvalue weighted by molar-refractivity contribution is 7.89. The van der Waals surface area contributed by atoms with E-state index in [0.29, 0.717) is 0 Å². The number of nitro groups is 1. The molecule has 116 valence electrons. The van der Waals surface area contributed by atoms with Crippen LogP contribution in [-0.2, 0) is 14.8 Å². The lowest BCUT2D eigenvalue weighted by molar-refractivity contribution is -0.385. The van der Waals surface area contributed by atoms with Gasteiger partial charge in [-0.15, -0.1) is 0 Å². The van der Waals surface area contributed by atoms with Gasteiger partial charge in [-0.05, 0) is 6.07 Å². The molecule has 0 saturated carbocycles. The highest BCUT2D eigenvalue weighted by Crippen LogP contribution is 2.30. The van der Waals surface area contributed by atoms with E-state index in [1.54, 1.807) is 0 Å². The van der Waals surface area contributed by atoms with Crippen molar-refractivity contribution in [3.63, 3.8) is 0 Å². The van der Waals surface area contributed by atoms with E-state index in [1.165, 1.54) is 20.2 Å². The molecule has 21 heavy (non-hydrogen) atoms. The monoisotopic (exact) mass is 318 g/mol. The molecule has 0 aliphatic rings. The standard InChI is InChI=1S/C11H14N2O7S/c1-12(6-5-11(14)15)21(18,19)10-7-8(13(16)17)3-4-9(10)20-2/h3-4,7H,5-6H2,1-2H3,(H,14,15). The Kier molecular flexibility index (Phi) is 5.22. The van der Waals surface area contributed by atoms with Crippen molar-refractivity contribution in [3.8, 4) is 5.75 Å². The summed E-state index contributed by atoms with van der Waals surface area (Å²) in [6, 6.07) is 3.18. The summed E-state index contributed by atoms with van der Waals surface area (Å²) < 4.78 is 30.4. The fourth-order valence-corrected chi connectivity index (χ4v) is 2.86. The number of hydrogen-bond acceptors (Lipinski definition) is 6. The molecule has 0 heterocycles. The lowest BCUT2D eigenvalue weighted by Gasteiger charge is -2.17. The number of hydrogen-bond donors (Lipinski definition) is 1. The van der Waals surface area contributed by atoms with E-state index in [0.717, 1.165) is 16.4 Å². The third-order valence-corrected chi connectivity index (χ3v) is 4.56. The third-order valence-electron chi connectivity index (χ3n) is 2.69. The second-order valence-corrected chi connectivity index (χ2v) is 6.08. The van der Waals surface area contributed by atoms with Crippen LogP contribution in [0, 0.1) is 10.1 Å². The summed E-state index contributed by atoms with van der Waals surface area (Å²) >= 11 is 0. The van der Waals surface area contributed by atoms with E-state index in [9.17, 15) is 23.3 Å². The number of carbonyl (C=O) groups is 1. The number of non-ortho nitro benzene ring substituents is 1. The molecule has 0 amide bonds. The minimum absolute atomic E-state index is 0.0530. The van der Waals surface area contributed by atoms with Crippen LogP contribution in [0.3, 0.4) is 0 Å². The summed E-state index contributed by atoms with van der Waals surface area (Å²) in [4.78, 5) is 20.1. The van der Waals surface area contributed by atoms with Gasteiger partial charge in [-0.3, -0.25) is 14.9 Å². The Bertz CT molecular complexity index is 657. The predicted molar refractivity (Wildman–Crippen MR) is 71.7 cm³/mol. The maximum absolute atomic E-state index is 12.3. The Morgan fingerprint density at radius 3 is 2.57 bits per heavy atom. The van der Waals surface area contributed by atoms with Gasteiger partial charge in [-0.1, -0.05) is 0 Å². The van der Waals surface area contributed by atoms with E-state index < -0.39 is 26.6 Å². The van der Waals surface area contributed by atoms with Crippen LogP contribution in [0.1, 0.15) is 6.42 Å². The third kappa shape index (κ3) is 3.89. The molecule has 1 aromatic carbocycles. The van der Waals surface area contributed by atoms with E-state index in [2.05, 4.69) is 0 Å². The van der Waals surface area contributed by atoms with Crippen LogP contribution in [0.4, 0.5) is 5.69 Å². The molecule has 9 nitrogen and oxygen atoms in total. The van der Waals surface area contributed by atoms with Gasteiger partial charge in [0.15, 0.2) is 0 Å². The van der Waals surface area contributed by atoms with Gasteiger partial charge in [0, 0.05) is 25.7 Å². The minimum Gasteiger partial charge on any atom is -0.495 e. The smallest absolute Gasteiger partial charge is 0.304 e. The number of carboxylic acid groups (broad SMARTS) is 1. The van der Waals surface area contributed by atoms with Crippen molar-refractivity contribution in [2.75, 3.05) is 20.7 Å².